The number of cyclic esters (lactones) is 1. The highest BCUT2D eigenvalue weighted by molar-refractivity contribution is 5.96. The average molecular weight is 919 g/mol. The number of ether oxygens (including phenoxy) is 2. The summed E-state index contributed by atoms with van der Waals surface area (Å²) in [7, 11) is 3.26. The van der Waals surface area contributed by atoms with Crippen molar-refractivity contribution in [2.75, 3.05) is 46.9 Å². The predicted molar refractivity (Wildman–Crippen MR) is 256 cm³/mol. The van der Waals surface area contributed by atoms with Crippen molar-refractivity contribution in [1.29, 1.82) is 0 Å². The Morgan fingerprint density at radius 3 is 2.63 bits per heavy atom. The molecular formula is C51H66N8O8. The normalized spacial score (nSPS) is 20.3. The van der Waals surface area contributed by atoms with E-state index in [9.17, 15) is 29.1 Å². The second-order valence-corrected chi connectivity index (χ2v) is 19.3. The van der Waals surface area contributed by atoms with Gasteiger partial charge < -0.3 is 39.3 Å². The molecule has 3 N–H and O–H groups in total. The number of benzene rings is 2. The van der Waals surface area contributed by atoms with E-state index in [0.29, 0.717) is 63.1 Å². The zero-order chi connectivity index (χ0) is 48.2. The van der Waals surface area contributed by atoms with Crippen molar-refractivity contribution in [2.24, 2.45) is 22.2 Å². The molecule has 16 nitrogen and oxygen atoms in total. The number of hydrazine groups is 1. The van der Waals surface area contributed by atoms with Crippen molar-refractivity contribution in [3.63, 3.8) is 0 Å². The fraction of sp³-hybridized carbons (Fsp3) is 0.510. The Bertz CT molecular complexity index is 2520. The largest absolute Gasteiger partial charge is 0.508 e. The number of aryl methyl sites for hydroxylation is 1. The van der Waals surface area contributed by atoms with Crippen LogP contribution in [0.4, 0.5) is 0 Å². The lowest BCUT2D eigenvalue weighted by Crippen LogP contribution is -2.62. The number of amides is 4. The van der Waals surface area contributed by atoms with E-state index in [2.05, 4.69) is 64.9 Å². The van der Waals surface area contributed by atoms with Crippen molar-refractivity contribution >= 4 is 47.2 Å². The molecule has 2 fully saturated rings. The highest BCUT2D eigenvalue weighted by Gasteiger charge is 2.40. The van der Waals surface area contributed by atoms with Crippen LogP contribution in [0.3, 0.4) is 0 Å². The number of aromatic hydroxyl groups is 1. The van der Waals surface area contributed by atoms with Crippen molar-refractivity contribution in [1.82, 2.24) is 35.1 Å². The van der Waals surface area contributed by atoms with E-state index in [1.807, 2.05) is 38.2 Å². The topological polar surface area (TPSA) is 188 Å². The van der Waals surface area contributed by atoms with Crippen LogP contribution >= 0.6 is 0 Å². The Morgan fingerprint density at radius 1 is 1.10 bits per heavy atom. The zero-order valence-corrected chi connectivity index (χ0v) is 40.0. The van der Waals surface area contributed by atoms with Gasteiger partial charge in [0.1, 0.15) is 23.9 Å². The van der Waals surface area contributed by atoms with Gasteiger partial charge in [-0.2, -0.15) is 0 Å². The summed E-state index contributed by atoms with van der Waals surface area (Å²) in [5.41, 5.74) is 9.72. The number of likely N-dealkylation sites (tertiary alicyclic amines) is 1. The van der Waals surface area contributed by atoms with E-state index >= 15 is 0 Å². The van der Waals surface area contributed by atoms with Crippen LogP contribution in [-0.4, -0.2) is 131 Å². The molecular weight excluding hydrogens is 853 g/mol. The molecule has 2 aromatic carbocycles. The van der Waals surface area contributed by atoms with Gasteiger partial charge in [-0.1, -0.05) is 39.8 Å². The first-order valence-electron chi connectivity index (χ1n) is 23.5. The Kier molecular flexibility index (Phi) is 15.1. The Morgan fingerprint density at radius 2 is 1.90 bits per heavy atom. The molecule has 358 valence electrons. The number of fused-ring (bicyclic) bond motifs is 6. The Hall–Kier alpha value is -6.13. The molecule has 6 bridgehead atoms. The number of rotatable bonds is 12. The maximum atomic E-state index is 14.7. The van der Waals surface area contributed by atoms with E-state index in [1.165, 1.54) is 9.91 Å². The number of pyridine rings is 1. The van der Waals surface area contributed by atoms with Crippen molar-refractivity contribution in [3.8, 4) is 28.1 Å². The van der Waals surface area contributed by atoms with Gasteiger partial charge in [0, 0.05) is 94.0 Å². The van der Waals surface area contributed by atoms with E-state index < -0.39 is 47.2 Å². The molecule has 0 unspecified atom stereocenters. The summed E-state index contributed by atoms with van der Waals surface area (Å²) >= 11 is 0. The van der Waals surface area contributed by atoms with Crippen LogP contribution in [0.2, 0.25) is 0 Å². The highest BCUT2D eigenvalue weighted by Crippen LogP contribution is 2.41. The summed E-state index contributed by atoms with van der Waals surface area (Å²) in [6.07, 6.45) is 5.79. The number of nitrogens with zero attached hydrogens (tertiary/aromatic N) is 6. The fourth-order valence-corrected chi connectivity index (χ4v) is 10.1. The molecule has 0 spiro atoms. The number of phenolic OH excluding ortho intramolecular Hbond substituents is 1. The molecule has 16 heteroatoms. The summed E-state index contributed by atoms with van der Waals surface area (Å²) in [5, 5.41) is 16.7. The summed E-state index contributed by atoms with van der Waals surface area (Å²) in [4.78, 5) is 81.4. The summed E-state index contributed by atoms with van der Waals surface area (Å²) < 4.78 is 14.0. The van der Waals surface area contributed by atoms with Gasteiger partial charge >= 0.3 is 5.97 Å². The van der Waals surface area contributed by atoms with E-state index in [-0.39, 0.29) is 56.0 Å². The molecule has 2 aromatic heterocycles. The van der Waals surface area contributed by atoms with Crippen LogP contribution in [0, 0.1) is 17.3 Å². The predicted octanol–water partition coefficient (Wildman–Crippen LogP) is 5.31. The molecule has 3 aliphatic heterocycles. The molecule has 67 heavy (non-hydrogen) atoms. The smallest absolute Gasteiger partial charge is 0.324 e. The van der Waals surface area contributed by atoms with Crippen LogP contribution in [-0.2, 0) is 59.4 Å². The Labute approximate surface area is 393 Å². The minimum Gasteiger partial charge on any atom is -0.508 e. The van der Waals surface area contributed by atoms with Gasteiger partial charge in [-0.25, -0.2) is 5.43 Å². The summed E-state index contributed by atoms with van der Waals surface area (Å²) in [6, 6.07) is 10.5. The van der Waals surface area contributed by atoms with Gasteiger partial charge in [-0.3, -0.25) is 34.0 Å². The molecule has 4 aromatic rings. The second kappa shape index (κ2) is 20.8. The molecule has 3 aliphatic rings. The molecule has 0 aliphatic carbocycles. The van der Waals surface area contributed by atoms with Crippen LogP contribution < -0.4 is 10.7 Å². The summed E-state index contributed by atoms with van der Waals surface area (Å²) in [5.74, 6) is -2.70. The number of methoxy groups -OCH3 is 1. The lowest BCUT2D eigenvalue weighted by molar-refractivity contribution is -0.155. The van der Waals surface area contributed by atoms with E-state index in [1.54, 1.807) is 37.4 Å². The monoisotopic (exact) mass is 919 g/mol. The van der Waals surface area contributed by atoms with Gasteiger partial charge in [0.15, 0.2) is 0 Å². The minimum absolute atomic E-state index is 0.0116. The maximum Gasteiger partial charge on any atom is 0.324 e. The standard InChI is InChI=1S/C51H66N8O8/c1-9-58-43-13-12-33-25-38(43)39(46(58)40-27-53-18-14-35(40)29-66-8)26-51(4,5)30-67-50(65)41-11-10-19-59(55-41)49(64)42(23-32-21-36(33)24-37(60)22-32)54-47(62)45(31(2)3)56(7)48(63)34-16-20-57(28-34)44(61)15-17-52-6/h12-14,18,21-22,24-25,27,31,34,41-42,45,55,60H,6,9-11,15-17,19-20,23,26,28-30H2,1-5,7-8H3,(H,54,62)/t34-,41-,42-,45-/m0/s1. The third kappa shape index (κ3) is 10.7. The van der Waals surface area contributed by atoms with Crippen molar-refractivity contribution in [3.05, 3.63) is 71.5 Å². The molecule has 2 saturated heterocycles. The number of likely N-dealkylation sites (N-methyl/N-ethyl adjacent to an activating group) is 1. The number of phenols is 1. The van der Waals surface area contributed by atoms with Crippen LogP contribution in [0.15, 0.2) is 59.9 Å². The summed E-state index contributed by atoms with van der Waals surface area (Å²) in [6.45, 7) is 15.8. The Balaban J connectivity index is 1.28. The average Bonchev–Trinajstić information content (AvgIpc) is 3.92. The first kappa shape index (κ1) is 48.8. The first-order chi connectivity index (χ1) is 32.0. The number of nitrogens with one attached hydrogen (secondary N) is 2. The number of carbonyl (C=O) groups excluding carboxylic acids is 5. The number of esters is 1. The van der Waals surface area contributed by atoms with Gasteiger partial charge in [0.05, 0.1) is 24.8 Å². The molecule has 0 saturated carbocycles. The third-order valence-electron chi connectivity index (χ3n) is 13.4. The molecule has 5 heterocycles. The van der Waals surface area contributed by atoms with Crippen LogP contribution in [0.25, 0.3) is 33.3 Å². The minimum atomic E-state index is -1.17. The maximum absolute atomic E-state index is 14.7. The van der Waals surface area contributed by atoms with Crippen LogP contribution in [0.5, 0.6) is 5.75 Å². The van der Waals surface area contributed by atoms with Crippen LogP contribution in [0.1, 0.15) is 77.0 Å². The molecule has 0 radical (unpaired) electrons. The fourth-order valence-electron chi connectivity index (χ4n) is 10.1. The van der Waals surface area contributed by atoms with Gasteiger partial charge in [0.2, 0.25) is 17.7 Å². The highest BCUT2D eigenvalue weighted by atomic mass is 16.5. The number of aliphatic imine (C=N–C) groups is 1. The molecule has 4 atom stereocenters. The first-order valence-corrected chi connectivity index (χ1v) is 23.5. The van der Waals surface area contributed by atoms with Gasteiger partial charge in [-0.15, -0.1) is 0 Å². The SMILES string of the molecule is C=NCCC(=O)N1CC[C@H](C(=O)N(C)[C@H](C(=O)N[C@H]2Cc3cc(O)cc(c3)-c3ccc4c(c3)c(c(-c3cnccc3COC)n4CC)CC(C)(C)COC(=O)[C@@H]3CCCN(N3)C2=O)C(C)C)C1. The lowest BCUT2D eigenvalue weighted by atomic mass is 9.84. The number of carbonyl (C=O) groups is 5. The van der Waals surface area contributed by atoms with E-state index in [4.69, 9.17) is 9.47 Å². The van der Waals surface area contributed by atoms with E-state index in [0.717, 1.165) is 38.9 Å². The number of hydrogen-bond acceptors (Lipinski definition) is 11. The third-order valence-corrected chi connectivity index (χ3v) is 13.4. The van der Waals surface area contributed by atoms with Crippen molar-refractivity contribution < 1.29 is 38.6 Å². The van der Waals surface area contributed by atoms with Gasteiger partial charge in [-0.05, 0) is 103 Å². The second-order valence-electron chi connectivity index (χ2n) is 19.3. The number of aromatic nitrogens is 2. The quantitative estimate of drug-likeness (QED) is 0.124. The zero-order valence-electron chi connectivity index (χ0n) is 40.0. The number of hydrogen-bond donors (Lipinski definition) is 3. The molecule has 4 amide bonds. The van der Waals surface area contributed by atoms with Gasteiger partial charge in [0.25, 0.3) is 5.91 Å². The molecule has 7 rings (SSSR count). The van der Waals surface area contributed by atoms with Crippen molar-refractivity contribution in [2.45, 2.75) is 104 Å². The lowest BCUT2D eigenvalue weighted by Gasteiger charge is -2.37.